The molecule has 0 radical (unpaired) electrons. The molecule has 3 rings (SSSR count). The fourth-order valence-corrected chi connectivity index (χ4v) is 3.12. The molecule has 0 spiro atoms. The van der Waals surface area contributed by atoms with Crippen LogP contribution in [0, 0.1) is 6.92 Å². The lowest BCUT2D eigenvalue weighted by atomic mass is 10.2. The number of amides is 1. The predicted octanol–water partition coefficient (Wildman–Crippen LogP) is 3.88. The zero-order valence-electron chi connectivity index (χ0n) is 18.4. The average molecular weight is 425 g/mol. The Morgan fingerprint density at radius 2 is 1.90 bits per heavy atom. The second-order valence-electron chi connectivity index (χ2n) is 7.01. The van der Waals surface area contributed by atoms with E-state index in [4.69, 9.17) is 18.7 Å². The molecular formula is C23H27N3O5. The molecule has 1 amide bonds. The van der Waals surface area contributed by atoms with Crippen LogP contribution >= 0.6 is 0 Å². The summed E-state index contributed by atoms with van der Waals surface area (Å²) in [5.41, 5.74) is 1.79. The van der Waals surface area contributed by atoms with Crippen molar-refractivity contribution in [3.05, 3.63) is 53.9 Å². The van der Waals surface area contributed by atoms with Gasteiger partial charge in [0.15, 0.2) is 17.6 Å². The Balaban J connectivity index is 1.69. The number of likely N-dealkylation sites (N-methyl/N-ethyl adjacent to an activating group) is 1. The van der Waals surface area contributed by atoms with Gasteiger partial charge in [-0.05, 0) is 56.7 Å². The number of methoxy groups -OCH3 is 2. The highest BCUT2D eigenvalue weighted by Gasteiger charge is 2.23. The molecule has 1 heterocycles. The molecule has 8 nitrogen and oxygen atoms in total. The molecule has 2 aromatic carbocycles. The number of carbonyl (C=O) groups is 1. The predicted molar refractivity (Wildman–Crippen MR) is 115 cm³/mol. The van der Waals surface area contributed by atoms with Crippen molar-refractivity contribution >= 4 is 5.91 Å². The van der Waals surface area contributed by atoms with Crippen LogP contribution in [0.25, 0.3) is 11.4 Å². The standard InChI is InChI=1S/C23H27N3O5/c1-6-26(23(27)16(3)30-18-9-7-8-15(2)12-18)14-21-24-22(25-31-21)17-10-11-19(28-4)20(13-17)29-5/h7-13,16H,6,14H2,1-5H3/t16-/m0/s1. The Morgan fingerprint density at radius 3 is 2.58 bits per heavy atom. The van der Waals surface area contributed by atoms with E-state index in [2.05, 4.69) is 10.1 Å². The highest BCUT2D eigenvalue weighted by atomic mass is 16.5. The van der Waals surface area contributed by atoms with Crippen molar-refractivity contribution in [2.75, 3.05) is 20.8 Å². The number of carbonyl (C=O) groups excluding carboxylic acids is 1. The van der Waals surface area contributed by atoms with E-state index in [1.807, 2.05) is 44.2 Å². The van der Waals surface area contributed by atoms with Gasteiger partial charge in [0.05, 0.1) is 14.2 Å². The maximum absolute atomic E-state index is 12.9. The van der Waals surface area contributed by atoms with Gasteiger partial charge in [0.1, 0.15) is 12.3 Å². The first-order valence-corrected chi connectivity index (χ1v) is 10.0. The first-order chi connectivity index (χ1) is 14.9. The van der Waals surface area contributed by atoms with Crippen molar-refractivity contribution in [2.45, 2.75) is 33.4 Å². The van der Waals surface area contributed by atoms with Crippen molar-refractivity contribution in [1.29, 1.82) is 0 Å². The SMILES string of the molecule is CCN(Cc1nc(-c2ccc(OC)c(OC)c2)no1)C(=O)[C@H](C)Oc1cccc(C)c1. The molecule has 0 aliphatic carbocycles. The summed E-state index contributed by atoms with van der Waals surface area (Å²) < 4.78 is 21.8. The maximum atomic E-state index is 12.9. The van der Waals surface area contributed by atoms with Gasteiger partial charge in [-0.2, -0.15) is 4.98 Å². The highest BCUT2D eigenvalue weighted by molar-refractivity contribution is 5.80. The van der Waals surface area contributed by atoms with Crippen LogP contribution in [0.4, 0.5) is 0 Å². The first kappa shape index (κ1) is 22.1. The van der Waals surface area contributed by atoms with Crippen molar-refractivity contribution < 1.29 is 23.5 Å². The molecule has 1 aromatic heterocycles. The van der Waals surface area contributed by atoms with E-state index in [-0.39, 0.29) is 12.5 Å². The Kier molecular flexibility index (Phi) is 7.12. The molecule has 8 heteroatoms. The minimum atomic E-state index is -0.644. The summed E-state index contributed by atoms with van der Waals surface area (Å²) in [4.78, 5) is 18.9. The van der Waals surface area contributed by atoms with E-state index in [9.17, 15) is 4.79 Å². The van der Waals surface area contributed by atoms with Crippen LogP contribution in [0.15, 0.2) is 47.0 Å². The number of ether oxygens (including phenoxy) is 3. The lowest BCUT2D eigenvalue weighted by molar-refractivity contribution is -0.138. The fraction of sp³-hybridized carbons (Fsp3) is 0.348. The summed E-state index contributed by atoms with van der Waals surface area (Å²) in [6.45, 7) is 6.27. The molecule has 0 bridgehead atoms. The third-order valence-electron chi connectivity index (χ3n) is 4.78. The number of hydrogen-bond acceptors (Lipinski definition) is 7. The van der Waals surface area contributed by atoms with Gasteiger partial charge in [-0.25, -0.2) is 0 Å². The topological polar surface area (TPSA) is 86.9 Å². The lowest BCUT2D eigenvalue weighted by Crippen LogP contribution is -2.40. The van der Waals surface area contributed by atoms with Gasteiger partial charge in [0.25, 0.3) is 5.91 Å². The number of hydrogen-bond donors (Lipinski definition) is 0. The largest absolute Gasteiger partial charge is 0.493 e. The van der Waals surface area contributed by atoms with Crippen LogP contribution in [0.1, 0.15) is 25.3 Å². The van der Waals surface area contributed by atoms with E-state index in [1.54, 1.807) is 38.2 Å². The van der Waals surface area contributed by atoms with E-state index >= 15 is 0 Å². The molecule has 164 valence electrons. The second-order valence-corrected chi connectivity index (χ2v) is 7.01. The molecule has 0 aliphatic rings. The number of aryl methyl sites for hydroxylation is 1. The highest BCUT2D eigenvalue weighted by Crippen LogP contribution is 2.31. The molecule has 0 N–H and O–H groups in total. The van der Waals surface area contributed by atoms with Crippen LogP contribution in [0.2, 0.25) is 0 Å². The van der Waals surface area contributed by atoms with E-state index in [0.29, 0.717) is 35.5 Å². The number of benzene rings is 2. The van der Waals surface area contributed by atoms with E-state index in [1.165, 1.54) is 0 Å². The van der Waals surface area contributed by atoms with Crippen molar-refractivity contribution in [3.8, 4) is 28.6 Å². The Bertz CT molecular complexity index is 1030. The van der Waals surface area contributed by atoms with Crippen LogP contribution in [-0.2, 0) is 11.3 Å². The lowest BCUT2D eigenvalue weighted by Gasteiger charge is -2.23. The van der Waals surface area contributed by atoms with E-state index < -0.39 is 6.10 Å². The monoisotopic (exact) mass is 425 g/mol. The van der Waals surface area contributed by atoms with Crippen molar-refractivity contribution in [1.82, 2.24) is 15.0 Å². The Labute approximate surface area is 181 Å². The summed E-state index contributed by atoms with van der Waals surface area (Å²) in [5.74, 6) is 2.42. The van der Waals surface area contributed by atoms with Crippen LogP contribution in [0.5, 0.6) is 17.2 Å². The van der Waals surface area contributed by atoms with Crippen LogP contribution in [-0.4, -0.2) is 47.8 Å². The number of aromatic nitrogens is 2. The molecule has 3 aromatic rings. The summed E-state index contributed by atoms with van der Waals surface area (Å²) in [6.07, 6.45) is -0.644. The van der Waals surface area contributed by atoms with Crippen LogP contribution < -0.4 is 14.2 Å². The molecule has 0 aliphatic heterocycles. The third kappa shape index (κ3) is 5.33. The fourth-order valence-electron chi connectivity index (χ4n) is 3.12. The Hall–Kier alpha value is -3.55. The average Bonchev–Trinajstić information content (AvgIpc) is 3.25. The molecule has 0 fully saturated rings. The minimum Gasteiger partial charge on any atom is -0.493 e. The molecule has 0 saturated heterocycles. The normalized spacial score (nSPS) is 11.6. The third-order valence-corrected chi connectivity index (χ3v) is 4.78. The van der Waals surface area contributed by atoms with Gasteiger partial charge in [-0.1, -0.05) is 17.3 Å². The van der Waals surface area contributed by atoms with Gasteiger partial charge in [-0.3, -0.25) is 4.79 Å². The van der Waals surface area contributed by atoms with Crippen molar-refractivity contribution in [3.63, 3.8) is 0 Å². The van der Waals surface area contributed by atoms with Gasteiger partial charge < -0.3 is 23.6 Å². The molecular weight excluding hydrogens is 398 g/mol. The minimum absolute atomic E-state index is 0.158. The van der Waals surface area contributed by atoms with Crippen molar-refractivity contribution in [2.24, 2.45) is 0 Å². The summed E-state index contributed by atoms with van der Waals surface area (Å²) >= 11 is 0. The quantitative estimate of drug-likeness (QED) is 0.514. The number of rotatable bonds is 9. The molecule has 1 atom stereocenters. The Morgan fingerprint density at radius 1 is 1.13 bits per heavy atom. The molecule has 31 heavy (non-hydrogen) atoms. The van der Waals surface area contributed by atoms with Gasteiger partial charge in [0, 0.05) is 12.1 Å². The maximum Gasteiger partial charge on any atom is 0.263 e. The summed E-state index contributed by atoms with van der Waals surface area (Å²) in [6, 6.07) is 13.0. The van der Waals surface area contributed by atoms with E-state index in [0.717, 1.165) is 11.1 Å². The van der Waals surface area contributed by atoms with Gasteiger partial charge >= 0.3 is 0 Å². The smallest absolute Gasteiger partial charge is 0.263 e. The van der Waals surface area contributed by atoms with Gasteiger partial charge in [-0.15, -0.1) is 0 Å². The molecule has 0 unspecified atom stereocenters. The van der Waals surface area contributed by atoms with Crippen LogP contribution in [0.3, 0.4) is 0 Å². The van der Waals surface area contributed by atoms with Gasteiger partial charge in [0.2, 0.25) is 11.7 Å². The summed E-state index contributed by atoms with van der Waals surface area (Å²) in [7, 11) is 3.14. The number of nitrogens with zero attached hydrogens (tertiary/aromatic N) is 3. The summed E-state index contributed by atoms with van der Waals surface area (Å²) in [5, 5.41) is 4.03. The molecule has 0 saturated carbocycles. The zero-order chi connectivity index (χ0) is 22.4. The zero-order valence-corrected chi connectivity index (χ0v) is 18.4. The first-order valence-electron chi connectivity index (χ1n) is 10.0. The second kappa shape index (κ2) is 9.97.